The monoisotopic (exact) mass is 394 g/mol. The molecule has 0 N–H and O–H groups in total. The molecule has 0 bridgehead atoms. The van der Waals surface area contributed by atoms with E-state index in [4.69, 9.17) is 0 Å². The molecule has 150 valence electrons. The summed E-state index contributed by atoms with van der Waals surface area (Å²) >= 11 is 0. The molecule has 0 unspecified atom stereocenters. The van der Waals surface area contributed by atoms with Gasteiger partial charge in [-0.3, -0.25) is 4.79 Å². The summed E-state index contributed by atoms with van der Waals surface area (Å²) in [5.74, 6) is 0.810. The van der Waals surface area contributed by atoms with Gasteiger partial charge >= 0.3 is 0 Å². The van der Waals surface area contributed by atoms with Crippen molar-refractivity contribution in [3.63, 3.8) is 0 Å². The number of anilines is 1. The summed E-state index contributed by atoms with van der Waals surface area (Å²) in [7, 11) is 0. The molecule has 2 fully saturated rings. The van der Waals surface area contributed by atoms with Crippen molar-refractivity contribution in [3.8, 4) is 0 Å². The highest BCUT2D eigenvalue weighted by atomic mass is 19.1. The Hall–Kier alpha value is -3.03. The number of hydrogen-bond acceptors (Lipinski definition) is 5. The number of piperazine rings is 1. The Bertz CT molecular complexity index is 1020. The maximum atomic E-state index is 13.1. The van der Waals surface area contributed by atoms with Crippen molar-refractivity contribution in [2.75, 3.05) is 24.5 Å². The van der Waals surface area contributed by atoms with Gasteiger partial charge in [-0.25, -0.2) is 18.9 Å². The average Bonchev–Trinajstić information content (AvgIpc) is 3.34. The lowest BCUT2D eigenvalue weighted by atomic mass is 9.97. The number of carbonyl (C=O) groups excluding carboxylic acids is 1. The number of rotatable bonds is 5. The van der Waals surface area contributed by atoms with Gasteiger partial charge in [0, 0.05) is 31.2 Å². The Morgan fingerprint density at radius 2 is 2.07 bits per heavy atom. The van der Waals surface area contributed by atoms with Crippen LogP contribution < -0.4 is 4.90 Å². The quantitative estimate of drug-likeness (QED) is 0.665. The van der Waals surface area contributed by atoms with Crippen LogP contribution in [0.5, 0.6) is 0 Å². The topological polar surface area (TPSA) is 66.6 Å². The van der Waals surface area contributed by atoms with Crippen molar-refractivity contribution >= 4 is 17.4 Å². The van der Waals surface area contributed by atoms with Crippen LogP contribution >= 0.6 is 0 Å². The minimum atomic E-state index is -0.329. The molecule has 0 saturated carbocycles. The Morgan fingerprint density at radius 3 is 2.93 bits per heavy atom. The van der Waals surface area contributed by atoms with Gasteiger partial charge in [0.15, 0.2) is 5.65 Å². The molecule has 8 heteroatoms. The van der Waals surface area contributed by atoms with Crippen molar-refractivity contribution < 1.29 is 9.18 Å². The largest absolute Gasteiger partial charge is 0.353 e. The van der Waals surface area contributed by atoms with Gasteiger partial charge in [-0.15, -0.1) is 0 Å². The number of aryl methyl sites for hydroxylation is 1. The fraction of sp³-hybridized carbons (Fsp3) is 0.429. The second-order valence-electron chi connectivity index (χ2n) is 7.84. The zero-order chi connectivity index (χ0) is 19.8. The van der Waals surface area contributed by atoms with E-state index < -0.39 is 0 Å². The second kappa shape index (κ2) is 7.42. The number of hydrogen-bond donors (Lipinski definition) is 0. The molecule has 2 aliphatic rings. The van der Waals surface area contributed by atoms with Crippen molar-refractivity contribution in [2.45, 2.75) is 31.7 Å². The Balaban J connectivity index is 1.19. The van der Waals surface area contributed by atoms with Gasteiger partial charge in [-0.1, -0.05) is 6.07 Å². The Labute approximate surface area is 168 Å². The van der Waals surface area contributed by atoms with Crippen LogP contribution in [0.1, 0.15) is 25.0 Å². The van der Waals surface area contributed by atoms with E-state index in [1.54, 1.807) is 12.4 Å². The molecule has 0 aliphatic carbocycles. The molecular formula is C21H23FN6O. The summed E-state index contributed by atoms with van der Waals surface area (Å²) in [6.45, 7) is 2.21. The van der Waals surface area contributed by atoms with Crippen LogP contribution in [0.2, 0.25) is 0 Å². The third-order valence-electron chi connectivity index (χ3n) is 6.07. The van der Waals surface area contributed by atoms with Crippen LogP contribution in [0, 0.1) is 11.7 Å². The van der Waals surface area contributed by atoms with Crippen LogP contribution in [0.25, 0.3) is 5.65 Å². The zero-order valence-corrected chi connectivity index (χ0v) is 16.1. The van der Waals surface area contributed by atoms with Gasteiger partial charge in [0.25, 0.3) is 0 Å². The standard InChI is InChI=1S/C21H23FN6O/c22-16-7-8-19(23-12-16)26-9-10-27-18(13-26)11-15(21(27)29)3-1-4-17-5-2-6-20-24-14-25-28(17)20/h2,5-8,12,14-15,18H,1,3-4,9-11,13H2/t15-,18-/m0/s1. The maximum absolute atomic E-state index is 13.1. The first-order valence-corrected chi connectivity index (χ1v) is 10.1. The lowest BCUT2D eigenvalue weighted by Crippen LogP contribution is -2.51. The minimum Gasteiger partial charge on any atom is -0.353 e. The summed E-state index contributed by atoms with van der Waals surface area (Å²) in [5, 5.41) is 4.28. The fourth-order valence-corrected chi connectivity index (χ4v) is 4.64. The smallest absolute Gasteiger partial charge is 0.226 e. The number of aromatic nitrogens is 4. The lowest BCUT2D eigenvalue weighted by molar-refractivity contribution is -0.132. The predicted molar refractivity (Wildman–Crippen MR) is 106 cm³/mol. The molecule has 3 aromatic heterocycles. The number of amides is 1. The highest BCUT2D eigenvalue weighted by Gasteiger charge is 2.42. The molecular weight excluding hydrogens is 371 g/mol. The summed E-state index contributed by atoms with van der Waals surface area (Å²) in [6.07, 6.45) is 6.40. The molecule has 0 radical (unpaired) electrons. The first-order valence-electron chi connectivity index (χ1n) is 10.1. The first-order chi connectivity index (χ1) is 14.2. The number of carbonyl (C=O) groups is 1. The molecule has 0 aromatic carbocycles. The van der Waals surface area contributed by atoms with Gasteiger partial charge in [0.1, 0.15) is 18.0 Å². The minimum absolute atomic E-state index is 0.0797. The van der Waals surface area contributed by atoms with Crippen LogP contribution in [0.15, 0.2) is 42.9 Å². The third kappa shape index (κ3) is 3.43. The molecule has 5 rings (SSSR count). The van der Waals surface area contributed by atoms with E-state index in [0.717, 1.165) is 55.9 Å². The summed E-state index contributed by atoms with van der Waals surface area (Å²) in [5.41, 5.74) is 1.97. The summed E-state index contributed by atoms with van der Waals surface area (Å²) in [4.78, 5) is 25.5. The van der Waals surface area contributed by atoms with E-state index in [1.165, 1.54) is 12.3 Å². The average molecular weight is 394 g/mol. The molecule has 1 amide bonds. The van der Waals surface area contributed by atoms with E-state index in [9.17, 15) is 9.18 Å². The number of nitrogens with zero attached hydrogens (tertiary/aromatic N) is 6. The van der Waals surface area contributed by atoms with Gasteiger partial charge in [0.2, 0.25) is 5.91 Å². The highest BCUT2D eigenvalue weighted by molar-refractivity contribution is 5.82. The Morgan fingerprint density at radius 1 is 1.14 bits per heavy atom. The fourth-order valence-electron chi connectivity index (χ4n) is 4.64. The van der Waals surface area contributed by atoms with Crippen molar-refractivity contribution in [1.82, 2.24) is 24.5 Å². The number of fused-ring (bicyclic) bond motifs is 2. The van der Waals surface area contributed by atoms with E-state index in [2.05, 4.69) is 26.0 Å². The van der Waals surface area contributed by atoms with Crippen LogP contribution in [0.4, 0.5) is 10.2 Å². The van der Waals surface area contributed by atoms with Gasteiger partial charge < -0.3 is 9.80 Å². The van der Waals surface area contributed by atoms with E-state index >= 15 is 0 Å². The summed E-state index contributed by atoms with van der Waals surface area (Å²) in [6, 6.07) is 9.37. The van der Waals surface area contributed by atoms with Crippen LogP contribution in [0.3, 0.4) is 0 Å². The second-order valence-corrected chi connectivity index (χ2v) is 7.84. The first kappa shape index (κ1) is 18.0. The molecule has 29 heavy (non-hydrogen) atoms. The summed E-state index contributed by atoms with van der Waals surface area (Å²) < 4.78 is 15.0. The van der Waals surface area contributed by atoms with Gasteiger partial charge in [-0.2, -0.15) is 5.10 Å². The van der Waals surface area contributed by atoms with Crippen LogP contribution in [-0.4, -0.2) is 56.1 Å². The number of pyridine rings is 2. The number of halogens is 1. The molecule has 2 atom stereocenters. The molecule has 5 heterocycles. The zero-order valence-electron chi connectivity index (χ0n) is 16.1. The third-order valence-corrected chi connectivity index (χ3v) is 6.07. The maximum Gasteiger partial charge on any atom is 0.226 e. The van der Waals surface area contributed by atoms with E-state index in [-0.39, 0.29) is 23.7 Å². The van der Waals surface area contributed by atoms with E-state index in [0.29, 0.717) is 6.54 Å². The normalized spacial score (nSPS) is 21.8. The van der Waals surface area contributed by atoms with Gasteiger partial charge in [0.05, 0.1) is 12.2 Å². The van der Waals surface area contributed by atoms with Crippen LogP contribution in [-0.2, 0) is 11.2 Å². The molecule has 3 aromatic rings. The van der Waals surface area contributed by atoms with E-state index in [1.807, 2.05) is 21.5 Å². The van der Waals surface area contributed by atoms with Gasteiger partial charge in [-0.05, 0) is 49.9 Å². The predicted octanol–water partition coefficient (Wildman–Crippen LogP) is 2.32. The molecule has 7 nitrogen and oxygen atoms in total. The Kier molecular flexibility index (Phi) is 4.61. The van der Waals surface area contributed by atoms with Crippen molar-refractivity contribution in [2.24, 2.45) is 5.92 Å². The van der Waals surface area contributed by atoms with Crippen molar-refractivity contribution in [1.29, 1.82) is 0 Å². The highest BCUT2D eigenvalue weighted by Crippen LogP contribution is 2.32. The SMILES string of the molecule is O=C1[C@@H](CCCc2cccc3ncnn23)C[C@H]2CN(c3ccc(F)cn3)CCN12. The molecule has 2 aliphatic heterocycles. The molecule has 0 spiro atoms. The molecule has 2 saturated heterocycles. The lowest BCUT2D eigenvalue weighted by Gasteiger charge is -2.38. The van der Waals surface area contributed by atoms with Crippen molar-refractivity contribution in [3.05, 3.63) is 54.4 Å².